The van der Waals surface area contributed by atoms with Crippen molar-refractivity contribution in [3.05, 3.63) is 21.8 Å². The number of hydrogen-bond acceptors (Lipinski definition) is 3. The largest absolute Gasteiger partial charge is 0.399 e. The van der Waals surface area contributed by atoms with Crippen molar-refractivity contribution < 1.29 is 4.74 Å². The molecule has 0 atom stereocenters. The van der Waals surface area contributed by atoms with Gasteiger partial charge in [0.25, 0.3) is 0 Å². The first-order chi connectivity index (χ1) is 7.50. The minimum atomic E-state index is 0.291. The average Bonchev–Trinajstić information content (AvgIpc) is 2.16. The number of benzene rings is 1. The second-order valence-corrected chi connectivity index (χ2v) is 5.21. The Balaban J connectivity index is 2.55. The van der Waals surface area contributed by atoms with Gasteiger partial charge in [0, 0.05) is 22.8 Å². The number of ether oxygens (including phenoxy) is 1. The number of anilines is 2. The zero-order valence-corrected chi connectivity index (χ0v) is 12.2. The second kappa shape index (κ2) is 6.30. The van der Waals surface area contributed by atoms with E-state index in [9.17, 15) is 0 Å². The van der Waals surface area contributed by atoms with Gasteiger partial charge in [0.2, 0.25) is 0 Å². The Hall–Kier alpha value is -0.490. The van der Waals surface area contributed by atoms with E-state index in [0.717, 1.165) is 18.8 Å². The number of nitrogens with zero attached hydrogens (tertiary/aromatic N) is 1. The molecule has 90 valence electrons. The van der Waals surface area contributed by atoms with Crippen molar-refractivity contribution in [2.24, 2.45) is 0 Å². The van der Waals surface area contributed by atoms with Gasteiger partial charge in [0.15, 0.2) is 0 Å². The Morgan fingerprint density at radius 1 is 1.44 bits per heavy atom. The quantitative estimate of drug-likeness (QED) is 0.665. The number of halogens is 1. The lowest BCUT2D eigenvalue weighted by molar-refractivity contribution is 0.0846. The molecular formula is C12H19IN2O. The SMILES string of the molecule is CC(C)OCCN(C)c1ccc(N)cc1I. The van der Waals surface area contributed by atoms with E-state index < -0.39 is 0 Å². The maximum absolute atomic E-state index is 5.72. The molecule has 0 aromatic heterocycles. The van der Waals surface area contributed by atoms with Crippen molar-refractivity contribution in [2.45, 2.75) is 20.0 Å². The lowest BCUT2D eigenvalue weighted by Gasteiger charge is -2.21. The Labute approximate surface area is 111 Å². The third kappa shape index (κ3) is 4.17. The van der Waals surface area contributed by atoms with Crippen LogP contribution in [0.25, 0.3) is 0 Å². The summed E-state index contributed by atoms with van der Waals surface area (Å²) in [5.74, 6) is 0. The number of nitrogens with two attached hydrogens (primary N) is 1. The maximum Gasteiger partial charge on any atom is 0.0644 e. The predicted molar refractivity (Wildman–Crippen MR) is 77.9 cm³/mol. The molecular weight excluding hydrogens is 315 g/mol. The van der Waals surface area contributed by atoms with Crippen LogP contribution < -0.4 is 10.6 Å². The molecule has 2 N–H and O–H groups in total. The highest BCUT2D eigenvalue weighted by Crippen LogP contribution is 2.23. The van der Waals surface area contributed by atoms with Crippen molar-refractivity contribution in [3.63, 3.8) is 0 Å². The van der Waals surface area contributed by atoms with Crippen LogP contribution in [0.5, 0.6) is 0 Å². The molecule has 1 rings (SSSR count). The lowest BCUT2D eigenvalue weighted by atomic mass is 10.2. The molecule has 0 saturated carbocycles. The van der Waals surface area contributed by atoms with Crippen molar-refractivity contribution in [1.82, 2.24) is 0 Å². The normalized spacial score (nSPS) is 10.8. The number of hydrogen-bond donors (Lipinski definition) is 1. The summed E-state index contributed by atoms with van der Waals surface area (Å²) < 4.78 is 6.70. The summed E-state index contributed by atoms with van der Waals surface area (Å²) in [7, 11) is 2.07. The second-order valence-electron chi connectivity index (χ2n) is 4.05. The topological polar surface area (TPSA) is 38.5 Å². The highest BCUT2D eigenvalue weighted by atomic mass is 127. The average molecular weight is 334 g/mol. The van der Waals surface area contributed by atoms with Crippen LogP contribution in [0, 0.1) is 3.57 Å². The number of nitrogen functional groups attached to an aromatic ring is 1. The van der Waals surface area contributed by atoms with Crippen LogP contribution in [0.1, 0.15) is 13.8 Å². The molecule has 0 aliphatic carbocycles. The van der Waals surface area contributed by atoms with Gasteiger partial charge in [-0.15, -0.1) is 0 Å². The third-order valence-electron chi connectivity index (χ3n) is 2.26. The summed E-state index contributed by atoms with van der Waals surface area (Å²) in [6, 6.07) is 5.96. The Kier molecular flexibility index (Phi) is 5.34. The summed E-state index contributed by atoms with van der Waals surface area (Å²) >= 11 is 2.30. The molecule has 0 amide bonds. The van der Waals surface area contributed by atoms with Crippen LogP contribution in [0.15, 0.2) is 18.2 Å². The molecule has 0 unspecified atom stereocenters. The molecule has 4 heteroatoms. The summed E-state index contributed by atoms with van der Waals surface area (Å²) in [4.78, 5) is 2.18. The van der Waals surface area contributed by atoms with E-state index in [1.807, 2.05) is 32.0 Å². The lowest BCUT2D eigenvalue weighted by Crippen LogP contribution is -2.24. The smallest absolute Gasteiger partial charge is 0.0644 e. The van der Waals surface area contributed by atoms with Crippen LogP contribution in [-0.4, -0.2) is 26.3 Å². The highest BCUT2D eigenvalue weighted by Gasteiger charge is 2.05. The zero-order chi connectivity index (χ0) is 12.1. The molecule has 0 heterocycles. The van der Waals surface area contributed by atoms with Crippen molar-refractivity contribution in [2.75, 3.05) is 30.8 Å². The molecule has 0 spiro atoms. The first-order valence-electron chi connectivity index (χ1n) is 5.38. The Morgan fingerprint density at radius 2 is 2.12 bits per heavy atom. The van der Waals surface area contributed by atoms with Gasteiger partial charge < -0.3 is 15.4 Å². The van der Waals surface area contributed by atoms with Gasteiger partial charge in [-0.25, -0.2) is 0 Å². The zero-order valence-electron chi connectivity index (χ0n) is 10.0. The first kappa shape index (κ1) is 13.6. The van der Waals surface area contributed by atoms with E-state index in [-0.39, 0.29) is 0 Å². The van der Waals surface area contributed by atoms with Gasteiger partial charge in [-0.3, -0.25) is 0 Å². The molecule has 0 fully saturated rings. The Morgan fingerprint density at radius 3 is 2.69 bits per heavy atom. The van der Waals surface area contributed by atoms with E-state index in [4.69, 9.17) is 10.5 Å². The molecule has 1 aromatic carbocycles. The predicted octanol–water partition coefficient (Wildman–Crippen LogP) is 2.73. The van der Waals surface area contributed by atoms with E-state index in [2.05, 4.69) is 34.5 Å². The van der Waals surface area contributed by atoms with Crippen LogP contribution in [0.2, 0.25) is 0 Å². The van der Waals surface area contributed by atoms with Gasteiger partial charge in [-0.2, -0.15) is 0 Å². The molecule has 0 saturated heterocycles. The Bertz CT molecular complexity index is 342. The standard InChI is InChI=1S/C12H19IN2O/c1-9(2)16-7-6-15(3)12-5-4-10(14)8-11(12)13/h4-5,8-9H,6-7,14H2,1-3H3. The van der Waals surface area contributed by atoms with E-state index >= 15 is 0 Å². The van der Waals surface area contributed by atoms with E-state index in [1.54, 1.807) is 0 Å². The molecule has 0 bridgehead atoms. The molecule has 0 aliphatic heterocycles. The summed E-state index contributed by atoms with van der Waals surface area (Å²) in [6.07, 6.45) is 0.291. The fourth-order valence-corrected chi connectivity index (χ4v) is 2.33. The van der Waals surface area contributed by atoms with Crippen LogP contribution in [-0.2, 0) is 4.74 Å². The number of likely N-dealkylation sites (N-methyl/N-ethyl adjacent to an activating group) is 1. The highest BCUT2D eigenvalue weighted by molar-refractivity contribution is 14.1. The van der Waals surface area contributed by atoms with Crippen molar-refractivity contribution in [3.8, 4) is 0 Å². The minimum Gasteiger partial charge on any atom is -0.399 e. The van der Waals surface area contributed by atoms with Crippen molar-refractivity contribution in [1.29, 1.82) is 0 Å². The molecule has 3 nitrogen and oxygen atoms in total. The minimum absolute atomic E-state index is 0.291. The summed E-state index contributed by atoms with van der Waals surface area (Å²) in [5.41, 5.74) is 7.72. The summed E-state index contributed by atoms with van der Waals surface area (Å²) in [5, 5.41) is 0. The van der Waals surface area contributed by atoms with Crippen LogP contribution in [0.4, 0.5) is 11.4 Å². The fourth-order valence-electron chi connectivity index (χ4n) is 1.38. The van der Waals surface area contributed by atoms with E-state index in [1.165, 1.54) is 9.26 Å². The van der Waals surface area contributed by atoms with Gasteiger partial charge in [0.1, 0.15) is 0 Å². The molecule has 1 aromatic rings. The van der Waals surface area contributed by atoms with Crippen LogP contribution >= 0.6 is 22.6 Å². The number of rotatable bonds is 5. The molecule has 16 heavy (non-hydrogen) atoms. The van der Waals surface area contributed by atoms with Crippen molar-refractivity contribution >= 4 is 34.0 Å². The van der Waals surface area contributed by atoms with Crippen LogP contribution in [0.3, 0.4) is 0 Å². The van der Waals surface area contributed by atoms with Gasteiger partial charge in [-0.1, -0.05) is 0 Å². The van der Waals surface area contributed by atoms with Gasteiger partial charge in [0.05, 0.1) is 18.4 Å². The molecule has 0 radical (unpaired) electrons. The molecule has 0 aliphatic rings. The van der Waals surface area contributed by atoms with Gasteiger partial charge >= 0.3 is 0 Å². The summed E-state index contributed by atoms with van der Waals surface area (Å²) in [6.45, 7) is 5.73. The third-order valence-corrected chi connectivity index (χ3v) is 3.12. The first-order valence-corrected chi connectivity index (χ1v) is 6.46. The van der Waals surface area contributed by atoms with Gasteiger partial charge in [-0.05, 0) is 54.6 Å². The monoisotopic (exact) mass is 334 g/mol. The fraction of sp³-hybridized carbons (Fsp3) is 0.500. The van der Waals surface area contributed by atoms with E-state index in [0.29, 0.717) is 6.10 Å². The maximum atomic E-state index is 5.72.